The number of carboxylic acids is 1. The average Bonchev–Trinajstić information content (AvgIpc) is 3.03. The molecule has 21 heavy (non-hydrogen) atoms. The van der Waals surface area contributed by atoms with Gasteiger partial charge in [0.25, 0.3) is 10.0 Å². The number of aromatic nitrogens is 1. The van der Waals surface area contributed by atoms with Gasteiger partial charge in [-0.2, -0.15) is 0 Å². The molecule has 2 N–H and O–H groups in total. The van der Waals surface area contributed by atoms with Crippen molar-refractivity contribution in [1.82, 2.24) is 4.57 Å². The van der Waals surface area contributed by atoms with Crippen LogP contribution in [0.1, 0.15) is 27.2 Å². The summed E-state index contributed by atoms with van der Waals surface area (Å²) in [7, 11) is -2.04. The third kappa shape index (κ3) is 2.44. The van der Waals surface area contributed by atoms with Gasteiger partial charge in [-0.15, -0.1) is 11.3 Å². The quantitative estimate of drug-likeness (QED) is 0.900. The van der Waals surface area contributed by atoms with Crippen LogP contribution in [0.3, 0.4) is 0 Å². The minimum Gasteiger partial charge on any atom is -0.478 e. The SMILES string of the molecule is Cn1ccc(S(=O)(=O)Nc2sc3c(c2C(=O)O)CCC3)c1. The first-order chi connectivity index (χ1) is 9.88. The van der Waals surface area contributed by atoms with Gasteiger partial charge in [-0.1, -0.05) is 0 Å². The van der Waals surface area contributed by atoms with Crippen LogP contribution >= 0.6 is 11.3 Å². The Hall–Kier alpha value is -1.80. The first kappa shape index (κ1) is 14.2. The number of nitrogens with one attached hydrogen (secondary N) is 1. The monoisotopic (exact) mass is 326 g/mol. The lowest BCUT2D eigenvalue weighted by Crippen LogP contribution is -2.14. The van der Waals surface area contributed by atoms with Gasteiger partial charge in [0.1, 0.15) is 9.90 Å². The normalized spacial score (nSPS) is 14.1. The van der Waals surface area contributed by atoms with Crippen LogP contribution in [0.5, 0.6) is 0 Å². The Bertz CT molecular complexity index is 817. The molecule has 0 spiro atoms. The van der Waals surface area contributed by atoms with E-state index < -0.39 is 16.0 Å². The molecule has 0 radical (unpaired) electrons. The molecule has 0 fully saturated rings. The highest BCUT2D eigenvalue weighted by Gasteiger charge is 2.29. The van der Waals surface area contributed by atoms with E-state index in [1.165, 1.54) is 23.6 Å². The maximum Gasteiger partial charge on any atom is 0.339 e. The molecule has 8 heteroatoms. The number of nitrogens with zero attached hydrogens (tertiary/aromatic N) is 1. The molecule has 0 bridgehead atoms. The number of carbonyl (C=O) groups is 1. The highest BCUT2D eigenvalue weighted by molar-refractivity contribution is 7.93. The molecule has 3 rings (SSSR count). The first-order valence-corrected chi connectivity index (χ1v) is 8.71. The summed E-state index contributed by atoms with van der Waals surface area (Å²) in [5, 5.41) is 9.56. The summed E-state index contributed by atoms with van der Waals surface area (Å²) in [6.07, 6.45) is 5.53. The van der Waals surface area contributed by atoms with Crippen LogP contribution in [0.2, 0.25) is 0 Å². The van der Waals surface area contributed by atoms with Gasteiger partial charge in [-0.25, -0.2) is 13.2 Å². The van der Waals surface area contributed by atoms with Crippen LogP contribution in [0.4, 0.5) is 5.00 Å². The summed E-state index contributed by atoms with van der Waals surface area (Å²) in [4.78, 5) is 12.5. The second-order valence-electron chi connectivity index (χ2n) is 4.98. The zero-order chi connectivity index (χ0) is 15.2. The van der Waals surface area contributed by atoms with E-state index in [1.54, 1.807) is 17.8 Å². The maximum atomic E-state index is 12.3. The van der Waals surface area contributed by atoms with Crippen molar-refractivity contribution in [3.05, 3.63) is 34.5 Å². The Morgan fingerprint density at radius 1 is 1.43 bits per heavy atom. The van der Waals surface area contributed by atoms with Gasteiger partial charge in [0, 0.05) is 24.3 Å². The number of thiophene rings is 1. The predicted molar refractivity (Wildman–Crippen MR) is 79.5 cm³/mol. The lowest BCUT2D eigenvalue weighted by atomic mass is 10.1. The number of rotatable bonds is 4. The Morgan fingerprint density at radius 2 is 2.19 bits per heavy atom. The third-order valence-electron chi connectivity index (χ3n) is 3.48. The number of sulfonamides is 1. The molecule has 2 heterocycles. The number of anilines is 1. The van der Waals surface area contributed by atoms with E-state index in [9.17, 15) is 18.3 Å². The van der Waals surface area contributed by atoms with E-state index in [0.717, 1.165) is 23.3 Å². The Balaban J connectivity index is 2.01. The van der Waals surface area contributed by atoms with Crippen molar-refractivity contribution in [3.8, 4) is 0 Å². The topological polar surface area (TPSA) is 88.4 Å². The van der Waals surface area contributed by atoms with Crippen LogP contribution in [-0.4, -0.2) is 24.1 Å². The van der Waals surface area contributed by atoms with Crippen molar-refractivity contribution < 1.29 is 18.3 Å². The van der Waals surface area contributed by atoms with Gasteiger partial charge in [0.15, 0.2) is 0 Å². The van der Waals surface area contributed by atoms with Crippen molar-refractivity contribution in [3.63, 3.8) is 0 Å². The number of fused-ring (bicyclic) bond motifs is 1. The van der Waals surface area contributed by atoms with Crippen molar-refractivity contribution >= 4 is 32.3 Å². The Kier molecular flexibility index (Phi) is 3.29. The molecule has 0 saturated heterocycles. The second-order valence-corrected chi connectivity index (χ2v) is 7.77. The molecule has 1 aliphatic carbocycles. The molecular formula is C13H14N2O4S2. The average molecular weight is 326 g/mol. The number of hydrogen-bond acceptors (Lipinski definition) is 4. The zero-order valence-electron chi connectivity index (χ0n) is 11.3. The zero-order valence-corrected chi connectivity index (χ0v) is 12.9. The summed E-state index contributed by atoms with van der Waals surface area (Å²) in [5.41, 5.74) is 0.880. The molecule has 0 aromatic carbocycles. The fourth-order valence-electron chi connectivity index (χ4n) is 2.52. The molecule has 1 aliphatic rings. The summed E-state index contributed by atoms with van der Waals surface area (Å²) in [5.74, 6) is -1.08. The van der Waals surface area contributed by atoms with Crippen LogP contribution < -0.4 is 4.72 Å². The van der Waals surface area contributed by atoms with E-state index in [2.05, 4.69) is 4.72 Å². The van der Waals surface area contributed by atoms with Gasteiger partial charge in [-0.3, -0.25) is 4.72 Å². The van der Waals surface area contributed by atoms with E-state index >= 15 is 0 Å². The maximum absolute atomic E-state index is 12.3. The molecule has 6 nitrogen and oxygen atoms in total. The summed E-state index contributed by atoms with van der Waals surface area (Å²) >= 11 is 1.23. The molecular weight excluding hydrogens is 312 g/mol. The molecule has 2 aromatic heterocycles. The highest BCUT2D eigenvalue weighted by atomic mass is 32.2. The summed E-state index contributed by atoms with van der Waals surface area (Å²) < 4.78 is 28.7. The van der Waals surface area contributed by atoms with Gasteiger partial charge >= 0.3 is 5.97 Å². The fraction of sp³-hybridized carbons (Fsp3) is 0.308. The van der Waals surface area contributed by atoms with E-state index in [4.69, 9.17) is 0 Å². The van der Waals surface area contributed by atoms with E-state index in [0.29, 0.717) is 6.42 Å². The highest BCUT2D eigenvalue weighted by Crippen LogP contribution is 2.39. The van der Waals surface area contributed by atoms with E-state index in [-0.39, 0.29) is 15.5 Å². The molecule has 0 unspecified atom stereocenters. The van der Waals surface area contributed by atoms with Crippen LogP contribution in [0.25, 0.3) is 0 Å². The molecule has 112 valence electrons. The van der Waals surface area contributed by atoms with Crippen molar-refractivity contribution in [2.75, 3.05) is 4.72 Å². The smallest absolute Gasteiger partial charge is 0.339 e. The molecule has 0 saturated carbocycles. The predicted octanol–water partition coefficient (Wildman–Crippen LogP) is 2.07. The second kappa shape index (κ2) is 4.88. The lowest BCUT2D eigenvalue weighted by molar-refractivity contribution is 0.0697. The van der Waals surface area contributed by atoms with Crippen molar-refractivity contribution in [2.24, 2.45) is 7.05 Å². The van der Waals surface area contributed by atoms with Gasteiger partial charge in [0.05, 0.1) is 5.56 Å². The fourth-order valence-corrected chi connectivity index (χ4v) is 5.16. The molecule has 0 amide bonds. The third-order valence-corrected chi connectivity index (χ3v) is 6.15. The number of aryl methyl sites for hydroxylation is 2. The number of carboxylic acid groups (broad SMARTS) is 1. The Morgan fingerprint density at radius 3 is 2.81 bits per heavy atom. The summed E-state index contributed by atoms with van der Waals surface area (Å²) in [6.45, 7) is 0. The van der Waals surface area contributed by atoms with E-state index in [1.807, 2.05) is 0 Å². The molecule has 0 aliphatic heterocycles. The Labute approximate surface area is 126 Å². The minimum atomic E-state index is -3.76. The van der Waals surface area contributed by atoms with Crippen molar-refractivity contribution in [1.29, 1.82) is 0 Å². The standard InChI is InChI=1S/C13H14N2O4S2/c1-15-6-5-8(7-15)21(18,19)14-12-11(13(16)17)9-3-2-4-10(9)20-12/h5-7,14H,2-4H2,1H3,(H,16,17). The largest absolute Gasteiger partial charge is 0.478 e. The van der Waals surface area contributed by atoms with Crippen LogP contribution in [-0.2, 0) is 29.9 Å². The minimum absolute atomic E-state index is 0.104. The van der Waals surface area contributed by atoms with Gasteiger partial charge in [-0.05, 0) is 30.9 Å². The van der Waals surface area contributed by atoms with Crippen LogP contribution in [0, 0.1) is 0 Å². The van der Waals surface area contributed by atoms with Gasteiger partial charge < -0.3 is 9.67 Å². The molecule has 2 aromatic rings. The molecule has 0 atom stereocenters. The number of aromatic carboxylic acids is 1. The number of hydrogen-bond donors (Lipinski definition) is 2. The van der Waals surface area contributed by atoms with Crippen LogP contribution in [0.15, 0.2) is 23.4 Å². The first-order valence-electron chi connectivity index (χ1n) is 6.41. The summed E-state index contributed by atoms with van der Waals surface area (Å²) in [6, 6.07) is 1.48. The van der Waals surface area contributed by atoms with Gasteiger partial charge in [0.2, 0.25) is 0 Å². The lowest BCUT2D eigenvalue weighted by Gasteiger charge is -2.06. The van der Waals surface area contributed by atoms with Crippen molar-refractivity contribution in [2.45, 2.75) is 24.2 Å².